The molecule has 1 rings (SSSR count). The minimum atomic E-state index is -8.67. The monoisotopic (exact) mass is 582 g/mol. The van der Waals surface area contributed by atoms with Crippen LogP contribution < -0.4 is 0 Å². The lowest BCUT2D eigenvalue weighted by molar-refractivity contribution is -0.462. The second-order valence-corrected chi connectivity index (χ2v) is 8.19. The first kappa shape index (κ1) is 33.0. The van der Waals surface area contributed by atoms with Crippen LogP contribution in [0.4, 0.5) is 74.6 Å². The van der Waals surface area contributed by atoms with Crippen LogP contribution in [0.3, 0.4) is 0 Å². The largest absolute Gasteiger partial charge is 0.460 e. The molecule has 0 fully saturated rings. The summed E-state index contributed by atoms with van der Waals surface area (Å²) >= 11 is 0. The third-order valence-electron chi connectivity index (χ3n) is 5.22. The van der Waals surface area contributed by atoms with Crippen molar-refractivity contribution in [2.75, 3.05) is 0 Å². The van der Waals surface area contributed by atoms with Gasteiger partial charge in [-0.3, -0.25) is 0 Å². The van der Waals surface area contributed by atoms with E-state index in [1.165, 1.54) is 0 Å². The van der Waals surface area contributed by atoms with Gasteiger partial charge in [0.05, 0.1) is 6.10 Å². The van der Waals surface area contributed by atoms with E-state index in [1.54, 1.807) is 13.8 Å². The highest BCUT2D eigenvalue weighted by atomic mass is 19.4. The Morgan fingerprint density at radius 2 is 0.811 bits per heavy atom. The van der Waals surface area contributed by atoms with Crippen LogP contribution in [-0.2, 0) is 0 Å². The van der Waals surface area contributed by atoms with Crippen molar-refractivity contribution in [1.82, 2.24) is 0 Å². The summed E-state index contributed by atoms with van der Waals surface area (Å²) in [6.07, 6.45) is -13.6. The quantitative estimate of drug-likeness (QED) is 0.276. The molecule has 1 aromatic rings. The predicted octanol–water partition coefficient (Wildman–Crippen LogP) is 8.24. The van der Waals surface area contributed by atoms with Crippen LogP contribution in [0.25, 0.3) is 0 Å². The first-order chi connectivity index (χ1) is 16.0. The molecular formula is C19H15F17O. The van der Waals surface area contributed by atoms with Gasteiger partial charge in [0.2, 0.25) is 0 Å². The van der Waals surface area contributed by atoms with Crippen LogP contribution >= 0.6 is 0 Å². The Morgan fingerprint density at radius 3 is 1.14 bits per heavy atom. The molecule has 1 atom stereocenters. The molecule has 0 heterocycles. The number of aliphatic hydroxyl groups excluding tert-OH is 1. The molecule has 18 heteroatoms. The van der Waals surface area contributed by atoms with Gasteiger partial charge in [0.25, 0.3) is 0 Å². The number of benzene rings is 1. The van der Waals surface area contributed by atoms with E-state index in [0.29, 0.717) is 5.56 Å². The molecule has 0 aromatic heterocycles. The number of alkyl halides is 17. The molecule has 0 saturated heterocycles. The summed E-state index contributed by atoms with van der Waals surface area (Å²) in [6.45, 7) is 3.23. The Kier molecular flexibility index (Phi) is 8.32. The highest BCUT2D eigenvalue weighted by molar-refractivity contribution is 5.26. The van der Waals surface area contributed by atoms with E-state index in [0.717, 1.165) is 24.3 Å². The van der Waals surface area contributed by atoms with E-state index in [2.05, 4.69) is 0 Å². The Labute approximate surface area is 196 Å². The maximum Gasteiger partial charge on any atom is 0.460 e. The maximum atomic E-state index is 14.0. The summed E-state index contributed by atoms with van der Waals surface area (Å²) in [5.74, 6) is -57.1. The second kappa shape index (κ2) is 9.32. The first-order valence-electron chi connectivity index (χ1n) is 9.54. The zero-order valence-corrected chi connectivity index (χ0v) is 18.0. The summed E-state index contributed by atoms with van der Waals surface area (Å²) in [5.41, 5.74) is -0.241. The van der Waals surface area contributed by atoms with Crippen LogP contribution in [0.5, 0.6) is 0 Å². The van der Waals surface area contributed by atoms with E-state index in [4.69, 9.17) is 0 Å². The fourth-order valence-electron chi connectivity index (χ4n) is 2.79. The van der Waals surface area contributed by atoms with Crippen molar-refractivity contribution in [2.24, 2.45) is 0 Å². The van der Waals surface area contributed by atoms with Crippen molar-refractivity contribution >= 4 is 0 Å². The van der Waals surface area contributed by atoms with Crippen LogP contribution in [0.15, 0.2) is 24.3 Å². The molecule has 1 N–H and O–H groups in total. The van der Waals surface area contributed by atoms with Gasteiger partial charge in [-0.05, 0) is 17.0 Å². The molecule has 0 aliphatic carbocycles. The smallest absolute Gasteiger partial charge is 0.388 e. The zero-order valence-electron chi connectivity index (χ0n) is 18.0. The average molecular weight is 582 g/mol. The van der Waals surface area contributed by atoms with E-state index >= 15 is 0 Å². The van der Waals surface area contributed by atoms with Crippen molar-refractivity contribution < 1.29 is 79.7 Å². The first-order valence-corrected chi connectivity index (χ1v) is 9.54. The van der Waals surface area contributed by atoms with Gasteiger partial charge in [0, 0.05) is 6.42 Å². The number of halogens is 17. The summed E-state index contributed by atoms with van der Waals surface area (Å²) in [7, 11) is 0. The molecule has 1 aromatic carbocycles. The van der Waals surface area contributed by atoms with Crippen LogP contribution in [0.2, 0.25) is 0 Å². The molecule has 0 amide bonds. The number of hydrogen-bond donors (Lipinski definition) is 1. The van der Waals surface area contributed by atoms with Gasteiger partial charge in [-0.1, -0.05) is 38.1 Å². The van der Waals surface area contributed by atoms with Crippen LogP contribution in [0.1, 0.15) is 43.4 Å². The molecule has 0 aliphatic rings. The van der Waals surface area contributed by atoms with Gasteiger partial charge in [-0.2, -0.15) is 74.6 Å². The molecule has 1 nitrogen and oxygen atoms in total. The van der Waals surface area contributed by atoms with E-state index in [1.807, 2.05) is 0 Å². The Morgan fingerprint density at radius 1 is 0.514 bits per heavy atom. The van der Waals surface area contributed by atoms with Crippen LogP contribution in [-0.4, -0.2) is 52.7 Å². The molecule has 0 aliphatic heterocycles. The fourth-order valence-corrected chi connectivity index (χ4v) is 2.79. The SMILES string of the molecule is CC(C)c1ccc(C(O)CC(F)(F)C(F)(F)C(F)(F)C(F)(F)C(F)(F)C(F)(F)C(F)(F)C(F)(F)F)cc1. The van der Waals surface area contributed by atoms with E-state index in [-0.39, 0.29) is 5.92 Å². The van der Waals surface area contributed by atoms with Crippen molar-refractivity contribution in [3.05, 3.63) is 35.4 Å². The van der Waals surface area contributed by atoms with E-state index in [9.17, 15) is 79.7 Å². The fraction of sp³-hybridized carbons (Fsp3) is 0.684. The summed E-state index contributed by atoms with van der Waals surface area (Å²) in [6, 6.07) is 3.86. The minimum absolute atomic E-state index is 0.206. The molecule has 1 unspecified atom stereocenters. The molecule has 37 heavy (non-hydrogen) atoms. The van der Waals surface area contributed by atoms with Gasteiger partial charge in [0.1, 0.15) is 0 Å². The van der Waals surface area contributed by atoms with Gasteiger partial charge in [-0.25, -0.2) is 0 Å². The lowest BCUT2D eigenvalue weighted by atomic mass is 9.87. The minimum Gasteiger partial charge on any atom is -0.388 e. The molecule has 0 spiro atoms. The van der Waals surface area contributed by atoms with E-state index < -0.39 is 65.7 Å². The maximum absolute atomic E-state index is 14.0. The standard InChI is InChI=1S/C19H15F17O/c1-8(2)9-3-5-10(6-4-9)11(37)7-12(20,21)13(22,23)14(24,25)15(26,27)16(28,29)17(30,31)18(32,33)19(34,35)36/h3-6,8,11,37H,7H2,1-2H3. The van der Waals surface area contributed by atoms with Gasteiger partial charge < -0.3 is 5.11 Å². The van der Waals surface area contributed by atoms with Crippen molar-refractivity contribution in [3.63, 3.8) is 0 Å². The number of aliphatic hydroxyl groups is 1. The predicted molar refractivity (Wildman–Crippen MR) is 90.8 cm³/mol. The Bertz CT molecular complexity index is 931. The lowest BCUT2D eigenvalue weighted by Gasteiger charge is -2.43. The third kappa shape index (κ3) is 4.93. The highest BCUT2D eigenvalue weighted by Crippen LogP contribution is 2.64. The Hall–Kier alpha value is -2.01. The third-order valence-corrected chi connectivity index (χ3v) is 5.22. The highest BCUT2D eigenvalue weighted by Gasteiger charge is 2.95. The normalized spacial score (nSPS) is 16.4. The second-order valence-electron chi connectivity index (χ2n) is 8.19. The zero-order chi connectivity index (χ0) is 29.8. The molecule has 0 bridgehead atoms. The molecular weight excluding hydrogens is 567 g/mol. The number of hydrogen-bond acceptors (Lipinski definition) is 1. The Balaban J connectivity index is 3.49. The van der Waals surface area contributed by atoms with Crippen molar-refractivity contribution in [1.29, 1.82) is 0 Å². The topological polar surface area (TPSA) is 20.2 Å². The van der Waals surface area contributed by atoms with Crippen molar-refractivity contribution in [2.45, 2.75) is 79.9 Å². The van der Waals surface area contributed by atoms with Crippen LogP contribution in [0, 0.1) is 0 Å². The lowest BCUT2D eigenvalue weighted by Crippen LogP contribution is -2.74. The summed E-state index contributed by atoms with van der Waals surface area (Å²) in [4.78, 5) is 0. The van der Waals surface area contributed by atoms with Gasteiger partial charge >= 0.3 is 47.6 Å². The molecule has 216 valence electrons. The summed E-state index contributed by atoms with van der Waals surface area (Å²) in [5, 5.41) is 9.66. The molecule has 0 saturated carbocycles. The van der Waals surface area contributed by atoms with Crippen molar-refractivity contribution in [3.8, 4) is 0 Å². The number of rotatable bonds is 10. The average Bonchev–Trinajstić information content (AvgIpc) is 2.71. The van der Waals surface area contributed by atoms with Gasteiger partial charge in [0.15, 0.2) is 0 Å². The summed E-state index contributed by atoms with van der Waals surface area (Å²) < 4.78 is 226. The van der Waals surface area contributed by atoms with Gasteiger partial charge in [-0.15, -0.1) is 0 Å². The molecule has 0 radical (unpaired) electrons.